The summed E-state index contributed by atoms with van der Waals surface area (Å²) in [6.07, 6.45) is -2.90. The lowest BCUT2D eigenvalue weighted by Gasteiger charge is -2.17. The standard InChI is InChI=1S/C10H12ClFO3/c1-5-2-8(12)6(3-7(5)11)10(15)9(14)4-13/h2-3,9-10,13-15H,4H2,1H3. The van der Waals surface area contributed by atoms with Gasteiger partial charge in [0.25, 0.3) is 0 Å². The second kappa shape index (κ2) is 4.90. The Labute approximate surface area is 91.7 Å². The van der Waals surface area contributed by atoms with Gasteiger partial charge in [-0.1, -0.05) is 11.6 Å². The average molecular weight is 235 g/mol. The quantitative estimate of drug-likeness (QED) is 0.736. The number of aliphatic hydroxyl groups is 3. The van der Waals surface area contributed by atoms with Crippen LogP contribution in [0.2, 0.25) is 5.02 Å². The summed E-state index contributed by atoms with van der Waals surface area (Å²) in [5, 5.41) is 27.5. The Morgan fingerprint density at radius 3 is 2.53 bits per heavy atom. The van der Waals surface area contributed by atoms with Gasteiger partial charge >= 0.3 is 0 Å². The van der Waals surface area contributed by atoms with Crippen molar-refractivity contribution in [2.75, 3.05) is 6.61 Å². The maximum atomic E-state index is 13.4. The maximum Gasteiger partial charge on any atom is 0.129 e. The highest BCUT2D eigenvalue weighted by molar-refractivity contribution is 6.31. The first-order valence-corrected chi connectivity index (χ1v) is 4.77. The first kappa shape index (κ1) is 12.4. The zero-order valence-corrected chi connectivity index (χ0v) is 8.87. The van der Waals surface area contributed by atoms with Gasteiger partial charge in [0.05, 0.1) is 6.61 Å². The Balaban J connectivity index is 3.09. The van der Waals surface area contributed by atoms with E-state index in [1.807, 2.05) is 0 Å². The molecule has 2 unspecified atom stereocenters. The van der Waals surface area contributed by atoms with Gasteiger partial charge in [-0.15, -0.1) is 0 Å². The molecule has 84 valence electrons. The van der Waals surface area contributed by atoms with Gasteiger partial charge in [-0.3, -0.25) is 0 Å². The zero-order chi connectivity index (χ0) is 11.6. The molecule has 1 aromatic rings. The second-order valence-corrected chi connectivity index (χ2v) is 3.72. The molecule has 0 saturated carbocycles. The van der Waals surface area contributed by atoms with E-state index < -0.39 is 24.6 Å². The minimum absolute atomic E-state index is 0.118. The highest BCUT2D eigenvalue weighted by atomic mass is 35.5. The minimum Gasteiger partial charge on any atom is -0.394 e. The van der Waals surface area contributed by atoms with Gasteiger partial charge in [0.2, 0.25) is 0 Å². The third-order valence-electron chi connectivity index (χ3n) is 2.15. The molecule has 0 heterocycles. The highest BCUT2D eigenvalue weighted by Gasteiger charge is 2.21. The fourth-order valence-electron chi connectivity index (χ4n) is 1.20. The molecule has 5 heteroatoms. The molecule has 1 rings (SSSR count). The molecule has 2 atom stereocenters. The monoisotopic (exact) mass is 234 g/mol. The SMILES string of the molecule is Cc1cc(F)c(C(O)C(O)CO)cc1Cl. The number of aryl methyl sites for hydroxylation is 1. The summed E-state index contributed by atoms with van der Waals surface area (Å²) in [4.78, 5) is 0. The molecule has 0 spiro atoms. The minimum atomic E-state index is -1.48. The van der Waals surface area contributed by atoms with Crippen LogP contribution in [-0.4, -0.2) is 28.0 Å². The molecule has 0 bridgehead atoms. The first-order valence-electron chi connectivity index (χ1n) is 4.40. The molecule has 0 aliphatic heterocycles. The van der Waals surface area contributed by atoms with Gasteiger partial charge in [-0.2, -0.15) is 0 Å². The van der Waals surface area contributed by atoms with E-state index >= 15 is 0 Å². The zero-order valence-electron chi connectivity index (χ0n) is 8.11. The van der Waals surface area contributed by atoms with Crippen LogP contribution in [0.4, 0.5) is 4.39 Å². The Morgan fingerprint density at radius 2 is 2.00 bits per heavy atom. The molecular weight excluding hydrogens is 223 g/mol. The van der Waals surface area contributed by atoms with Crippen molar-refractivity contribution in [3.63, 3.8) is 0 Å². The van der Waals surface area contributed by atoms with Crippen molar-refractivity contribution in [1.29, 1.82) is 0 Å². The summed E-state index contributed by atoms with van der Waals surface area (Å²) in [6, 6.07) is 2.42. The molecule has 0 radical (unpaired) electrons. The van der Waals surface area contributed by atoms with E-state index in [1.54, 1.807) is 6.92 Å². The van der Waals surface area contributed by atoms with Crippen LogP contribution in [0, 0.1) is 12.7 Å². The first-order chi connectivity index (χ1) is 6.97. The molecule has 0 aliphatic carbocycles. The fraction of sp³-hybridized carbons (Fsp3) is 0.400. The summed E-state index contributed by atoms with van der Waals surface area (Å²) < 4.78 is 13.4. The van der Waals surface area contributed by atoms with E-state index in [-0.39, 0.29) is 5.56 Å². The number of aliphatic hydroxyl groups excluding tert-OH is 3. The third kappa shape index (κ3) is 2.66. The number of hydrogen-bond acceptors (Lipinski definition) is 3. The smallest absolute Gasteiger partial charge is 0.129 e. The van der Waals surface area contributed by atoms with Crippen LogP contribution in [-0.2, 0) is 0 Å². The molecule has 0 fully saturated rings. The molecule has 3 nitrogen and oxygen atoms in total. The van der Waals surface area contributed by atoms with Gasteiger partial charge in [0, 0.05) is 10.6 Å². The van der Waals surface area contributed by atoms with Crippen molar-refractivity contribution in [3.8, 4) is 0 Å². The van der Waals surface area contributed by atoms with E-state index in [2.05, 4.69) is 0 Å². The van der Waals surface area contributed by atoms with Crippen molar-refractivity contribution < 1.29 is 19.7 Å². The van der Waals surface area contributed by atoms with Gasteiger partial charge < -0.3 is 15.3 Å². The van der Waals surface area contributed by atoms with Crippen molar-refractivity contribution in [3.05, 3.63) is 34.1 Å². The summed E-state index contributed by atoms with van der Waals surface area (Å²) in [6.45, 7) is 0.982. The number of hydrogen-bond donors (Lipinski definition) is 3. The normalized spacial score (nSPS) is 15.1. The third-order valence-corrected chi connectivity index (χ3v) is 2.56. The van der Waals surface area contributed by atoms with Crippen molar-refractivity contribution in [2.24, 2.45) is 0 Å². The van der Waals surface area contributed by atoms with Gasteiger partial charge in [-0.05, 0) is 24.6 Å². The number of rotatable bonds is 3. The van der Waals surface area contributed by atoms with E-state index in [9.17, 15) is 9.50 Å². The van der Waals surface area contributed by atoms with Crippen molar-refractivity contribution in [2.45, 2.75) is 19.1 Å². The predicted octanol–water partition coefficient (Wildman–Crippen LogP) is 1.17. The summed E-state index contributed by atoms with van der Waals surface area (Å²) in [7, 11) is 0. The second-order valence-electron chi connectivity index (χ2n) is 3.32. The van der Waals surface area contributed by atoms with Crippen LogP contribution in [0.1, 0.15) is 17.2 Å². The molecule has 0 aromatic heterocycles. The Kier molecular flexibility index (Phi) is 4.04. The van der Waals surface area contributed by atoms with Crippen LogP contribution in [0.15, 0.2) is 12.1 Å². The largest absolute Gasteiger partial charge is 0.394 e. The summed E-state index contributed by atoms with van der Waals surface area (Å²) >= 11 is 5.76. The molecule has 0 saturated heterocycles. The Bertz CT molecular complexity index is 357. The van der Waals surface area contributed by atoms with E-state index in [0.717, 1.165) is 0 Å². The molecule has 0 amide bonds. The fourth-order valence-corrected chi connectivity index (χ4v) is 1.37. The van der Waals surface area contributed by atoms with E-state index in [0.29, 0.717) is 10.6 Å². The van der Waals surface area contributed by atoms with Gasteiger partial charge in [0.15, 0.2) is 0 Å². The van der Waals surface area contributed by atoms with E-state index in [1.165, 1.54) is 12.1 Å². The lowest BCUT2D eigenvalue weighted by atomic mass is 10.0. The molecule has 0 aliphatic rings. The van der Waals surface area contributed by atoms with E-state index in [4.69, 9.17) is 21.8 Å². The Hall–Kier alpha value is -0.680. The van der Waals surface area contributed by atoms with Crippen LogP contribution in [0.3, 0.4) is 0 Å². The number of benzene rings is 1. The van der Waals surface area contributed by atoms with Crippen LogP contribution >= 0.6 is 11.6 Å². The molecule has 3 N–H and O–H groups in total. The Morgan fingerprint density at radius 1 is 1.40 bits per heavy atom. The van der Waals surface area contributed by atoms with Crippen molar-refractivity contribution in [1.82, 2.24) is 0 Å². The molecular formula is C10H12ClFO3. The van der Waals surface area contributed by atoms with Gasteiger partial charge in [-0.25, -0.2) is 4.39 Å². The molecule has 15 heavy (non-hydrogen) atoms. The lowest BCUT2D eigenvalue weighted by Crippen LogP contribution is -2.23. The summed E-state index contributed by atoms with van der Waals surface area (Å²) in [5.74, 6) is -0.656. The van der Waals surface area contributed by atoms with Crippen LogP contribution < -0.4 is 0 Å². The lowest BCUT2D eigenvalue weighted by molar-refractivity contribution is -0.0168. The van der Waals surface area contributed by atoms with Crippen LogP contribution in [0.25, 0.3) is 0 Å². The summed E-state index contributed by atoms with van der Waals surface area (Å²) in [5.41, 5.74) is 0.427. The molecule has 1 aromatic carbocycles. The van der Waals surface area contributed by atoms with Crippen LogP contribution in [0.5, 0.6) is 0 Å². The maximum absolute atomic E-state index is 13.4. The predicted molar refractivity (Wildman–Crippen MR) is 54.2 cm³/mol. The topological polar surface area (TPSA) is 60.7 Å². The average Bonchev–Trinajstić information content (AvgIpc) is 2.21. The highest BCUT2D eigenvalue weighted by Crippen LogP contribution is 2.26. The number of halogens is 2. The van der Waals surface area contributed by atoms with Crippen molar-refractivity contribution >= 4 is 11.6 Å². The van der Waals surface area contributed by atoms with Gasteiger partial charge in [0.1, 0.15) is 18.0 Å².